The van der Waals surface area contributed by atoms with E-state index in [0.717, 1.165) is 6.92 Å². The Bertz CT molecular complexity index is 406. The van der Waals surface area contributed by atoms with Gasteiger partial charge in [0.1, 0.15) is 12.1 Å². The minimum atomic E-state index is -4.86. The quantitative estimate of drug-likeness (QED) is 0.330. The van der Waals surface area contributed by atoms with E-state index in [1.165, 1.54) is 0 Å². The number of phosphoric ester groups is 1. The van der Waals surface area contributed by atoms with Gasteiger partial charge in [-0.1, -0.05) is 0 Å². The summed E-state index contributed by atoms with van der Waals surface area (Å²) in [7, 11) is -4.86. The Labute approximate surface area is 108 Å². The Morgan fingerprint density at radius 3 is 2.26 bits per heavy atom. The zero-order valence-electron chi connectivity index (χ0n) is 9.98. The maximum Gasteiger partial charge on any atom is 0.470 e. The largest absolute Gasteiger partial charge is 0.480 e. The number of carbonyl (C=O) groups is 3. The van der Waals surface area contributed by atoms with E-state index in [-0.39, 0.29) is 12.8 Å². The first-order valence-electron chi connectivity index (χ1n) is 5.08. The van der Waals surface area contributed by atoms with Crippen molar-refractivity contribution in [2.45, 2.75) is 31.9 Å². The van der Waals surface area contributed by atoms with Crippen LogP contribution in [0.3, 0.4) is 0 Å². The third-order valence-electron chi connectivity index (χ3n) is 1.96. The molecule has 110 valence electrons. The van der Waals surface area contributed by atoms with Crippen LogP contribution in [-0.4, -0.2) is 44.8 Å². The highest BCUT2D eigenvalue weighted by molar-refractivity contribution is 7.46. The van der Waals surface area contributed by atoms with Crippen LogP contribution in [0.2, 0.25) is 0 Å². The van der Waals surface area contributed by atoms with Crippen molar-refractivity contribution in [2.75, 3.05) is 0 Å². The monoisotopic (exact) mass is 298 g/mol. The van der Waals surface area contributed by atoms with Gasteiger partial charge >= 0.3 is 13.8 Å². The highest BCUT2D eigenvalue weighted by Gasteiger charge is 2.28. The van der Waals surface area contributed by atoms with Gasteiger partial charge in [-0.25, -0.2) is 9.36 Å². The van der Waals surface area contributed by atoms with Gasteiger partial charge in [0.2, 0.25) is 11.8 Å². The van der Waals surface area contributed by atoms with Crippen LogP contribution in [0, 0.1) is 0 Å². The van der Waals surface area contributed by atoms with Crippen LogP contribution in [0.1, 0.15) is 19.8 Å². The number of phosphoric acid groups is 1. The molecule has 19 heavy (non-hydrogen) atoms. The lowest BCUT2D eigenvalue weighted by molar-refractivity contribution is -0.143. The minimum absolute atomic E-state index is 0.237. The topological polar surface area (TPSA) is 176 Å². The van der Waals surface area contributed by atoms with E-state index in [1.54, 1.807) is 0 Å². The summed E-state index contributed by atoms with van der Waals surface area (Å²) >= 11 is 0. The predicted octanol–water partition coefficient (Wildman–Crippen LogP) is -1.68. The lowest BCUT2D eigenvalue weighted by Gasteiger charge is -2.17. The van der Waals surface area contributed by atoms with Gasteiger partial charge in [0.15, 0.2) is 0 Å². The molecule has 0 heterocycles. The molecule has 0 unspecified atom stereocenters. The highest BCUT2D eigenvalue weighted by Crippen LogP contribution is 2.37. The maximum absolute atomic E-state index is 11.4. The van der Waals surface area contributed by atoms with Crippen LogP contribution in [0.15, 0.2) is 0 Å². The van der Waals surface area contributed by atoms with Crippen LogP contribution in [0.25, 0.3) is 0 Å². The van der Waals surface area contributed by atoms with Gasteiger partial charge in [-0.05, 0) is 13.3 Å². The molecule has 0 saturated carbocycles. The Morgan fingerprint density at radius 1 is 1.37 bits per heavy atom. The van der Waals surface area contributed by atoms with Crippen molar-refractivity contribution in [1.82, 2.24) is 5.32 Å². The average molecular weight is 298 g/mol. The average Bonchev–Trinajstić information content (AvgIpc) is 2.20. The molecule has 0 bridgehead atoms. The number of aliphatic carboxylic acids is 1. The molecule has 0 aliphatic heterocycles. The van der Waals surface area contributed by atoms with E-state index in [1.807, 2.05) is 5.32 Å². The lowest BCUT2D eigenvalue weighted by Crippen LogP contribution is -2.45. The fraction of sp³-hybridized carbons (Fsp3) is 0.625. The maximum atomic E-state index is 11.4. The summed E-state index contributed by atoms with van der Waals surface area (Å²) in [5.41, 5.74) is 4.84. The van der Waals surface area contributed by atoms with E-state index in [4.69, 9.17) is 20.6 Å². The van der Waals surface area contributed by atoms with Crippen LogP contribution >= 0.6 is 7.82 Å². The molecule has 0 aromatic carbocycles. The first-order chi connectivity index (χ1) is 8.53. The zero-order valence-corrected chi connectivity index (χ0v) is 10.9. The van der Waals surface area contributed by atoms with Crippen molar-refractivity contribution >= 4 is 25.6 Å². The molecule has 0 aliphatic carbocycles. The molecule has 0 aliphatic rings. The van der Waals surface area contributed by atoms with E-state index in [2.05, 4.69) is 4.52 Å². The second kappa shape index (κ2) is 7.19. The van der Waals surface area contributed by atoms with Gasteiger partial charge in [0.25, 0.3) is 0 Å². The van der Waals surface area contributed by atoms with Crippen molar-refractivity contribution in [3.05, 3.63) is 0 Å². The van der Waals surface area contributed by atoms with Crippen LogP contribution in [0.5, 0.6) is 0 Å². The smallest absolute Gasteiger partial charge is 0.470 e. The van der Waals surface area contributed by atoms with Crippen molar-refractivity contribution in [3.63, 3.8) is 0 Å². The molecule has 2 atom stereocenters. The minimum Gasteiger partial charge on any atom is -0.480 e. The molecule has 0 spiro atoms. The molecule has 0 fully saturated rings. The summed E-state index contributed by atoms with van der Waals surface area (Å²) < 4.78 is 14.6. The molecule has 11 heteroatoms. The fourth-order valence-corrected chi connectivity index (χ4v) is 1.59. The lowest BCUT2D eigenvalue weighted by atomic mass is 10.1. The molecule has 2 amide bonds. The first kappa shape index (κ1) is 17.5. The molecule has 10 nitrogen and oxygen atoms in total. The molecular weight excluding hydrogens is 283 g/mol. The van der Waals surface area contributed by atoms with Crippen LogP contribution in [-0.2, 0) is 23.5 Å². The Morgan fingerprint density at radius 2 is 1.89 bits per heavy atom. The highest BCUT2D eigenvalue weighted by atomic mass is 31.2. The number of hydrogen-bond acceptors (Lipinski definition) is 5. The number of primary amides is 1. The fourth-order valence-electron chi connectivity index (χ4n) is 1.09. The predicted molar refractivity (Wildman–Crippen MR) is 60.6 cm³/mol. The number of carboxylic acids is 1. The molecule has 0 saturated heterocycles. The van der Waals surface area contributed by atoms with Gasteiger partial charge in [-0.2, -0.15) is 0 Å². The van der Waals surface area contributed by atoms with Gasteiger partial charge in [0.05, 0.1) is 0 Å². The summed E-state index contributed by atoms with van der Waals surface area (Å²) in [5.74, 6) is -3.17. The SMILES string of the molecule is C[C@H](OP(=O)(O)O)C(=O)N[C@@H](CCC(N)=O)C(=O)O. The van der Waals surface area contributed by atoms with Gasteiger partial charge in [-0.15, -0.1) is 0 Å². The Hall–Kier alpha value is -1.48. The molecular formula is C8H15N2O8P. The van der Waals surface area contributed by atoms with Gasteiger partial charge in [0, 0.05) is 6.42 Å². The summed E-state index contributed by atoms with van der Waals surface area (Å²) in [4.78, 5) is 49.7. The van der Waals surface area contributed by atoms with E-state index in [0.29, 0.717) is 0 Å². The summed E-state index contributed by atoms with van der Waals surface area (Å²) in [6, 6.07) is -1.40. The number of hydrogen-bond donors (Lipinski definition) is 5. The third kappa shape index (κ3) is 8.27. The van der Waals surface area contributed by atoms with Crippen molar-refractivity contribution in [2.24, 2.45) is 5.73 Å². The van der Waals surface area contributed by atoms with Crippen molar-refractivity contribution < 1.29 is 38.4 Å². The molecule has 0 aromatic heterocycles. The van der Waals surface area contributed by atoms with Crippen molar-refractivity contribution in [1.29, 1.82) is 0 Å². The number of rotatable bonds is 8. The third-order valence-corrected chi connectivity index (χ3v) is 2.55. The Balaban J connectivity index is 4.50. The molecule has 0 aromatic rings. The first-order valence-corrected chi connectivity index (χ1v) is 6.61. The molecule has 0 rings (SSSR count). The number of amides is 2. The van der Waals surface area contributed by atoms with Gasteiger partial charge < -0.3 is 25.9 Å². The normalized spacial score (nSPS) is 14.5. The zero-order chi connectivity index (χ0) is 15.2. The van der Waals surface area contributed by atoms with E-state index in [9.17, 15) is 18.9 Å². The van der Waals surface area contributed by atoms with Crippen LogP contribution < -0.4 is 11.1 Å². The number of nitrogens with one attached hydrogen (secondary N) is 1. The van der Waals surface area contributed by atoms with Gasteiger partial charge in [-0.3, -0.25) is 14.1 Å². The summed E-state index contributed by atoms with van der Waals surface area (Å²) in [6.45, 7) is 1.04. The standard InChI is InChI=1S/C8H15N2O8P/c1-4(18-19(15,16)17)7(12)10-5(8(13)14)2-3-6(9)11/h4-5H,2-3H2,1H3,(H2,9,11)(H,10,12)(H,13,14)(H2,15,16,17)/t4-,5-/m0/s1. The van der Waals surface area contributed by atoms with Crippen LogP contribution in [0.4, 0.5) is 0 Å². The Kier molecular flexibility index (Phi) is 6.63. The summed E-state index contributed by atoms with van der Waals surface area (Å²) in [5, 5.41) is 10.8. The molecule has 6 N–H and O–H groups in total. The molecule has 0 radical (unpaired) electrons. The van der Waals surface area contributed by atoms with E-state index < -0.39 is 37.8 Å². The number of carbonyl (C=O) groups excluding carboxylic acids is 2. The van der Waals surface area contributed by atoms with E-state index >= 15 is 0 Å². The second-order valence-electron chi connectivity index (χ2n) is 3.64. The summed E-state index contributed by atoms with van der Waals surface area (Å²) in [6.07, 6.45) is -2.04. The number of nitrogens with two attached hydrogens (primary N) is 1. The second-order valence-corrected chi connectivity index (χ2v) is 4.83. The van der Waals surface area contributed by atoms with Crippen molar-refractivity contribution in [3.8, 4) is 0 Å². The number of carboxylic acid groups (broad SMARTS) is 1.